The van der Waals surface area contributed by atoms with Gasteiger partial charge in [-0.05, 0) is 37.2 Å². The zero-order valence-corrected chi connectivity index (χ0v) is 13.5. The third kappa shape index (κ3) is 3.72. The Morgan fingerprint density at radius 3 is 2.16 bits per heavy atom. The molecule has 1 aromatic heterocycles. The average molecular weight is 263 g/mol. The molecule has 1 aromatic rings. The molecule has 0 atom stereocenters. The normalized spacial score (nSPS) is 12.4. The predicted molar refractivity (Wildman–Crippen MR) is 81.4 cm³/mol. The molecule has 0 aliphatic heterocycles. The Labute approximate surface area is 117 Å². The smallest absolute Gasteiger partial charge is 0.326 e. The molecule has 1 heterocycles. The maximum absolute atomic E-state index is 6.26. The van der Waals surface area contributed by atoms with E-state index in [1.165, 1.54) is 0 Å². The number of hydrogen-bond donors (Lipinski definition) is 0. The number of aryl methyl sites for hydroxylation is 1. The van der Waals surface area contributed by atoms with E-state index < -0.39 is 0 Å². The first-order chi connectivity index (χ1) is 8.58. The van der Waals surface area contributed by atoms with Crippen molar-refractivity contribution in [3.05, 3.63) is 17.8 Å². The van der Waals surface area contributed by atoms with Crippen LogP contribution >= 0.6 is 0 Å². The number of ether oxygens (including phenoxy) is 1. The second kappa shape index (κ2) is 5.54. The van der Waals surface area contributed by atoms with Gasteiger partial charge in [0, 0.05) is 12.3 Å². The second-order valence-corrected chi connectivity index (χ2v) is 6.60. The molecule has 3 nitrogen and oxygen atoms in total. The number of methoxy groups -OCH3 is 1. The van der Waals surface area contributed by atoms with Crippen molar-refractivity contribution in [2.24, 2.45) is 5.41 Å². The topological polar surface area (TPSA) is 31.4 Å². The number of hydrogen-bond acceptors (Lipinski definition) is 3. The molecule has 1 rings (SSSR count). The number of nitrogens with zero attached hydrogens (tertiary/aromatic N) is 1. The lowest BCUT2D eigenvalue weighted by molar-refractivity contribution is 0.000423. The predicted octanol–water partition coefficient (Wildman–Crippen LogP) is 3.07. The highest BCUT2D eigenvalue weighted by atomic mass is 16.5. The van der Waals surface area contributed by atoms with Crippen molar-refractivity contribution in [1.29, 1.82) is 0 Å². The SMILES string of the molecule is COc1cc(C)c(B(C)OC(C)(C)C(C)(C)C)cn1. The summed E-state index contributed by atoms with van der Waals surface area (Å²) < 4.78 is 11.4. The van der Waals surface area contributed by atoms with Crippen LogP contribution in [0, 0.1) is 12.3 Å². The van der Waals surface area contributed by atoms with Crippen LogP contribution in [0.2, 0.25) is 6.82 Å². The lowest BCUT2D eigenvalue weighted by Crippen LogP contribution is -2.47. The van der Waals surface area contributed by atoms with E-state index in [1.54, 1.807) is 7.11 Å². The molecule has 0 radical (unpaired) electrons. The number of pyridine rings is 1. The molecule has 0 fully saturated rings. The highest BCUT2D eigenvalue weighted by Crippen LogP contribution is 2.33. The summed E-state index contributed by atoms with van der Waals surface area (Å²) in [6.07, 6.45) is 1.84. The third-order valence-corrected chi connectivity index (χ3v) is 4.05. The van der Waals surface area contributed by atoms with Gasteiger partial charge in [-0.1, -0.05) is 27.6 Å². The summed E-state index contributed by atoms with van der Waals surface area (Å²) in [4.78, 5) is 4.27. The van der Waals surface area contributed by atoms with Gasteiger partial charge in [0.05, 0.1) is 12.7 Å². The monoisotopic (exact) mass is 263 g/mol. The standard InChI is InChI=1S/C15H26BNO2/c1-11-9-13(18-8)17-10-12(11)16(7)19-15(5,6)14(2,3)4/h9-10H,1-8H3. The Morgan fingerprint density at radius 1 is 1.16 bits per heavy atom. The molecule has 0 aliphatic carbocycles. The van der Waals surface area contributed by atoms with E-state index in [0.29, 0.717) is 5.88 Å². The maximum Gasteiger partial charge on any atom is 0.326 e. The van der Waals surface area contributed by atoms with Gasteiger partial charge in [0.2, 0.25) is 5.88 Å². The van der Waals surface area contributed by atoms with Gasteiger partial charge < -0.3 is 9.39 Å². The molecule has 0 aromatic carbocycles. The molecule has 0 amide bonds. The van der Waals surface area contributed by atoms with Crippen LogP contribution < -0.4 is 10.2 Å². The molecule has 0 saturated carbocycles. The molecule has 0 spiro atoms. The maximum atomic E-state index is 6.26. The Balaban J connectivity index is 2.93. The van der Waals surface area contributed by atoms with Crippen molar-refractivity contribution in [2.75, 3.05) is 7.11 Å². The first-order valence-corrected chi connectivity index (χ1v) is 6.77. The first kappa shape index (κ1) is 16.0. The lowest BCUT2D eigenvalue weighted by Gasteiger charge is -2.41. The van der Waals surface area contributed by atoms with Crippen molar-refractivity contribution < 1.29 is 9.39 Å². The van der Waals surface area contributed by atoms with Gasteiger partial charge in [-0.15, -0.1) is 0 Å². The van der Waals surface area contributed by atoms with E-state index in [1.807, 2.05) is 12.3 Å². The van der Waals surface area contributed by atoms with Crippen molar-refractivity contribution in [3.8, 4) is 5.88 Å². The zero-order chi connectivity index (χ0) is 14.8. The van der Waals surface area contributed by atoms with Gasteiger partial charge in [-0.3, -0.25) is 0 Å². The van der Waals surface area contributed by atoms with Crippen molar-refractivity contribution >= 4 is 12.4 Å². The van der Waals surface area contributed by atoms with E-state index in [2.05, 4.69) is 53.3 Å². The summed E-state index contributed by atoms with van der Waals surface area (Å²) in [5, 5.41) is 0. The molecular weight excluding hydrogens is 237 g/mol. The van der Waals surface area contributed by atoms with E-state index in [9.17, 15) is 0 Å². The van der Waals surface area contributed by atoms with Gasteiger partial charge in [-0.2, -0.15) is 0 Å². The molecule has 0 N–H and O–H groups in total. The Bertz CT molecular complexity index is 438. The van der Waals surface area contributed by atoms with E-state index in [4.69, 9.17) is 9.39 Å². The van der Waals surface area contributed by atoms with Crippen LogP contribution in [-0.4, -0.2) is 24.6 Å². The average Bonchev–Trinajstić information content (AvgIpc) is 2.26. The van der Waals surface area contributed by atoms with E-state index in [0.717, 1.165) is 11.0 Å². The van der Waals surface area contributed by atoms with E-state index >= 15 is 0 Å². The van der Waals surface area contributed by atoms with Crippen LogP contribution in [0.15, 0.2) is 12.3 Å². The molecule has 0 saturated heterocycles. The molecular formula is C15H26BNO2. The Hall–Kier alpha value is -1.03. The molecule has 0 bridgehead atoms. The van der Waals surface area contributed by atoms with Crippen LogP contribution in [-0.2, 0) is 4.65 Å². The summed E-state index contributed by atoms with van der Waals surface area (Å²) in [5.41, 5.74) is 2.12. The third-order valence-electron chi connectivity index (χ3n) is 4.05. The van der Waals surface area contributed by atoms with Gasteiger partial charge in [0.15, 0.2) is 0 Å². The quantitative estimate of drug-likeness (QED) is 0.782. The van der Waals surface area contributed by atoms with Crippen LogP contribution in [0.4, 0.5) is 0 Å². The molecule has 19 heavy (non-hydrogen) atoms. The summed E-state index contributed by atoms with van der Waals surface area (Å²) >= 11 is 0. The van der Waals surface area contributed by atoms with E-state index in [-0.39, 0.29) is 17.9 Å². The summed E-state index contributed by atoms with van der Waals surface area (Å²) in [5.74, 6) is 0.642. The number of aromatic nitrogens is 1. The van der Waals surface area contributed by atoms with Gasteiger partial charge in [0.25, 0.3) is 0 Å². The minimum Gasteiger partial charge on any atom is -0.481 e. The fourth-order valence-electron chi connectivity index (χ4n) is 1.76. The van der Waals surface area contributed by atoms with Gasteiger partial charge in [-0.25, -0.2) is 4.98 Å². The molecule has 106 valence electrons. The number of rotatable bonds is 4. The van der Waals surface area contributed by atoms with Crippen LogP contribution in [0.1, 0.15) is 40.2 Å². The molecule has 0 aliphatic rings. The summed E-state index contributed by atoms with van der Waals surface area (Å²) in [6, 6.07) is 1.94. The van der Waals surface area contributed by atoms with Crippen LogP contribution in [0.3, 0.4) is 0 Å². The fourth-order valence-corrected chi connectivity index (χ4v) is 1.76. The van der Waals surface area contributed by atoms with Crippen molar-refractivity contribution in [3.63, 3.8) is 0 Å². The fraction of sp³-hybridized carbons (Fsp3) is 0.667. The van der Waals surface area contributed by atoms with Crippen LogP contribution in [0.25, 0.3) is 0 Å². The van der Waals surface area contributed by atoms with Gasteiger partial charge in [0.1, 0.15) is 0 Å². The molecule has 0 unspecified atom stereocenters. The summed E-state index contributed by atoms with van der Waals surface area (Å²) in [6.45, 7) is 15.0. The minimum atomic E-state index is -0.210. The highest BCUT2D eigenvalue weighted by Gasteiger charge is 2.36. The van der Waals surface area contributed by atoms with Crippen LogP contribution in [0.5, 0.6) is 5.88 Å². The Kier molecular flexibility index (Phi) is 4.67. The highest BCUT2D eigenvalue weighted by molar-refractivity contribution is 6.66. The second-order valence-electron chi connectivity index (χ2n) is 6.60. The first-order valence-electron chi connectivity index (χ1n) is 6.77. The van der Waals surface area contributed by atoms with Gasteiger partial charge >= 0.3 is 6.92 Å². The molecule has 4 heteroatoms. The lowest BCUT2D eigenvalue weighted by atomic mass is 9.61. The van der Waals surface area contributed by atoms with Crippen molar-refractivity contribution in [2.45, 2.75) is 54.0 Å². The largest absolute Gasteiger partial charge is 0.481 e. The summed E-state index contributed by atoms with van der Waals surface area (Å²) in [7, 11) is 1.63. The minimum absolute atomic E-state index is 0.00707. The Morgan fingerprint density at radius 2 is 1.74 bits per heavy atom. The van der Waals surface area contributed by atoms with Crippen molar-refractivity contribution in [1.82, 2.24) is 4.98 Å². The zero-order valence-electron chi connectivity index (χ0n) is 13.5.